The van der Waals surface area contributed by atoms with E-state index in [1.807, 2.05) is 54.3 Å². The first kappa shape index (κ1) is 24.8. The van der Waals surface area contributed by atoms with E-state index in [0.717, 1.165) is 37.9 Å². The fourth-order valence-electron chi connectivity index (χ4n) is 4.86. The number of carbonyl (C=O) groups excluding carboxylic acids is 3. The molecule has 2 unspecified atom stereocenters. The molecule has 2 fully saturated rings. The van der Waals surface area contributed by atoms with Crippen molar-refractivity contribution in [3.8, 4) is 5.75 Å². The van der Waals surface area contributed by atoms with Crippen LogP contribution in [0.4, 0.5) is 0 Å². The lowest BCUT2D eigenvalue weighted by Crippen LogP contribution is -2.36. The second-order valence-corrected chi connectivity index (χ2v) is 9.36. The number of rotatable bonds is 10. The van der Waals surface area contributed by atoms with Crippen molar-refractivity contribution in [1.82, 2.24) is 15.1 Å². The zero-order valence-electron chi connectivity index (χ0n) is 20.4. The second-order valence-electron chi connectivity index (χ2n) is 9.36. The maximum atomic E-state index is 13.1. The highest BCUT2D eigenvalue weighted by atomic mass is 16.5. The zero-order valence-corrected chi connectivity index (χ0v) is 20.4. The summed E-state index contributed by atoms with van der Waals surface area (Å²) in [6, 6.07) is 17.3. The minimum atomic E-state index is -0.364. The smallest absolute Gasteiger partial charge is 0.260 e. The van der Waals surface area contributed by atoms with E-state index in [4.69, 9.17) is 4.74 Å². The molecule has 2 aliphatic rings. The number of amides is 3. The van der Waals surface area contributed by atoms with E-state index in [1.165, 1.54) is 5.56 Å². The molecule has 2 saturated heterocycles. The predicted octanol–water partition coefficient (Wildman–Crippen LogP) is 3.35. The number of para-hydroxylation sites is 1. The Hall–Kier alpha value is -3.35. The molecule has 35 heavy (non-hydrogen) atoms. The van der Waals surface area contributed by atoms with Gasteiger partial charge in [-0.1, -0.05) is 55.5 Å². The van der Waals surface area contributed by atoms with E-state index in [-0.39, 0.29) is 42.7 Å². The molecule has 4 rings (SSSR count). The predicted molar refractivity (Wildman–Crippen MR) is 134 cm³/mol. The normalized spacial score (nSPS) is 18.5. The van der Waals surface area contributed by atoms with E-state index in [9.17, 15) is 14.4 Å². The van der Waals surface area contributed by atoms with Crippen LogP contribution in [-0.4, -0.2) is 60.3 Å². The number of nitrogens with zero attached hydrogens (tertiary/aromatic N) is 2. The summed E-state index contributed by atoms with van der Waals surface area (Å²) < 4.78 is 5.90. The van der Waals surface area contributed by atoms with Gasteiger partial charge in [0.25, 0.3) is 5.91 Å². The molecule has 0 aromatic heterocycles. The maximum Gasteiger partial charge on any atom is 0.260 e. The van der Waals surface area contributed by atoms with Crippen molar-refractivity contribution >= 4 is 17.7 Å². The monoisotopic (exact) mass is 477 g/mol. The van der Waals surface area contributed by atoms with Crippen molar-refractivity contribution in [3.05, 3.63) is 65.7 Å². The number of nitrogens with one attached hydrogen (secondary N) is 1. The lowest BCUT2D eigenvalue weighted by molar-refractivity contribution is -0.132. The van der Waals surface area contributed by atoms with Gasteiger partial charge in [0.15, 0.2) is 6.61 Å². The van der Waals surface area contributed by atoms with Gasteiger partial charge in [0, 0.05) is 38.2 Å². The van der Waals surface area contributed by atoms with Gasteiger partial charge in [0.05, 0.1) is 12.0 Å². The lowest BCUT2D eigenvalue weighted by Gasteiger charge is -2.23. The standard InChI is InChI=1S/C28H35N3O4/c1-2-24(23-12-6-7-13-25(23)35-20-27(33)30-15-8-9-16-30)29-28(34)22-18-26(32)31(19-22)17-14-21-10-4-3-5-11-21/h3-7,10-13,22,24H,2,8-9,14-20H2,1H3,(H,29,34). The van der Waals surface area contributed by atoms with E-state index < -0.39 is 0 Å². The van der Waals surface area contributed by atoms with Crippen LogP contribution in [0.2, 0.25) is 0 Å². The Morgan fingerprint density at radius 3 is 2.51 bits per heavy atom. The molecule has 2 aromatic carbocycles. The molecule has 7 nitrogen and oxygen atoms in total. The maximum absolute atomic E-state index is 13.1. The molecular weight excluding hydrogens is 442 g/mol. The molecule has 186 valence electrons. The number of benzene rings is 2. The SMILES string of the molecule is CCC(NC(=O)C1CC(=O)N(CCc2ccccc2)C1)c1ccccc1OCC(=O)N1CCCC1. The molecule has 0 aliphatic carbocycles. The van der Waals surface area contributed by atoms with Crippen LogP contribution in [0.15, 0.2) is 54.6 Å². The van der Waals surface area contributed by atoms with Crippen LogP contribution >= 0.6 is 0 Å². The van der Waals surface area contributed by atoms with Gasteiger partial charge in [-0.2, -0.15) is 0 Å². The van der Waals surface area contributed by atoms with Gasteiger partial charge in [-0.25, -0.2) is 0 Å². The van der Waals surface area contributed by atoms with E-state index in [1.54, 1.807) is 4.90 Å². The summed E-state index contributed by atoms with van der Waals surface area (Å²) in [6.45, 7) is 4.64. The van der Waals surface area contributed by atoms with Gasteiger partial charge < -0.3 is 19.9 Å². The highest BCUT2D eigenvalue weighted by molar-refractivity contribution is 5.89. The summed E-state index contributed by atoms with van der Waals surface area (Å²) in [6.07, 6.45) is 3.77. The Morgan fingerprint density at radius 2 is 1.77 bits per heavy atom. The highest BCUT2D eigenvalue weighted by Crippen LogP contribution is 2.29. The number of carbonyl (C=O) groups is 3. The first-order valence-corrected chi connectivity index (χ1v) is 12.7. The van der Waals surface area contributed by atoms with E-state index in [2.05, 4.69) is 17.4 Å². The van der Waals surface area contributed by atoms with Crippen LogP contribution in [-0.2, 0) is 20.8 Å². The number of likely N-dealkylation sites (tertiary alicyclic amines) is 2. The molecule has 0 radical (unpaired) electrons. The van der Waals surface area contributed by atoms with Gasteiger partial charge in [-0.05, 0) is 37.3 Å². The first-order valence-electron chi connectivity index (χ1n) is 12.7. The van der Waals surface area contributed by atoms with Crippen LogP contribution in [0.3, 0.4) is 0 Å². The molecule has 1 N–H and O–H groups in total. The number of hydrogen-bond donors (Lipinski definition) is 1. The Labute approximate surface area is 207 Å². The summed E-state index contributed by atoms with van der Waals surface area (Å²) in [5, 5.41) is 3.13. The zero-order chi connectivity index (χ0) is 24.6. The summed E-state index contributed by atoms with van der Waals surface area (Å²) in [5.41, 5.74) is 2.03. The van der Waals surface area contributed by atoms with Gasteiger partial charge in [0.2, 0.25) is 11.8 Å². The van der Waals surface area contributed by atoms with Crippen molar-refractivity contribution in [2.24, 2.45) is 5.92 Å². The average Bonchev–Trinajstić information content (AvgIpc) is 3.56. The van der Waals surface area contributed by atoms with Crippen LogP contribution in [0.5, 0.6) is 5.75 Å². The quantitative estimate of drug-likeness (QED) is 0.569. The third kappa shape index (κ3) is 6.41. The molecule has 2 atom stereocenters. The van der Waals surface area contributed by atoms with Crippen molar-refractivity contribution in [2.45, 2.75) is 45.1 Å². The minimum Gasteiger partial charge on any atom is -0.483 e. The van der Waals surface area contributed by atoms with Crippen molar-refractivity contribution < 1.29 is 19.1 Å². The molecular formula is C28H35N3O4. The minimum absolute atomic E-state index is 0.00506. The molecule has 7 heteroatoms. The number of ether oxygens (including phenoxy) is 1. The summed E-state index contributed by atoms with van der Waals surface area (Å²) in [7, 11) is 0. The molecule has 2 aliphatic heterocycles. The van der Waals surface area contributed by atoms with Crippen molar-refractivity contribution in [1.29, 1.82) is 0 Å². The average molecular weight is 478 g/mol. The van der Waals surface area contributed by atoms with Crippen LogP contribution in [0, 0.1) is 5.92 Å². The Bertz CT molecular complexity index is 1020. The third-order valence-corrected chi connectivity index (χ3v) is 6.93. The highest BCUT2D eigenvalue weighted by Gasteiger charge is 2.35. The lowest BCUT2D eigenvalue weighted by atomic mass is 10.0. The van der Waals surface area contributed by atoms with E-state index >= 15 is 0 Å². The Morgan fingerprint density at radius 1 is 1.06 bits per heavy atom. The van der Waals surface area contributed by atoms with E-state index in [0.29, 0.717) is 25.3 Å². The van der Waals surface area contributed by atoms with Crippen molar-refractivity contribution in [2.75, 3.05) is 32.8 Å². The molecule has 0 spiro atoms. The fourth-order valence-corrected chi connectivity index (χ4v) is 4.86. The first-order chi connectivity index (χ1) is 17.0. The van der Waals surface area contributed by atoms with Crippen LogP contribution in [0.25, 0.3) is 0 Å². The third-order valence-electron chi connectivity index (χ3n) is 6.93. The van der Waals surface area contributed by atoms with Gasteiger partial charge in [0.1, 0.15) is 5.75 Å². The van der Waals surface area contributed by atoms with Gasteiger partial charge in [-0.3, -0.25) is 14.4 Å². The molecule has 2 aromatic rings. The largest absolute Gasteiger partial charge is 0.483 e. The number of hydrogen-bond acceptors (Lipinski definition) is 4. The summed E-state index contributed by atoms with van der Waals surface area (Å²) >= 11 is 0. The van der Waals surface area contributed by atoms with Crippen molar-refractivity contribution in [3.63, 3.8) is 0 Å². The molecule has 0 bridgehead atoms. The summed E-state index contributed by atoms with van der Waals surface area (Å²) in [4.78, 5) is 41.7. The fraction of sp³-hybridized carbons (Fsp3) is 0.464. The van der Waals surface area contributed by atoms with Gasteiger partial charge in [-0.15, -0.1) is 0 Å². The Balaban J connectivity index is 1.33. The van der Waals surface area contributed by atoms with Gasteiger partial charge >= 0.3 is 0 Å². The van der Waals surface area contributed by atoms with Crippen LogP contribution < -0.4 is 10.1 Å². The molecule has 0 saturated carbocycles. The molecule has 2 heterocycles. The second kappa shape index (κ2) is 11.9. The topological polar surface area (TPSA) is 79.0 Å². The van der Waals surface area contributed by atoms with Crippen LogP contribution in [0.1, 0.15) is 49.8 Å². The molecule has 3 amide bonds. The Kier molecular flexibility index (Phi) is 8.40. The summed E-state index contributed by atoms with van der Waals surface area (Å²) in [5.74, 6) is 0.152.